The van der Waals surface area contributed by atoms with Crippen LogP contribution >= 0.6 is 11.6 Å². The number of fused-ring (bicyclic) bond motifs is 2. The second-order valence-corrected chi connectivity index (χ2v) is 9.02. The lowest BCUT2D eigenvalue weighted by atomic mass is 9.92. The average Bonchev–Trinajstić information content (AvgIpc) is 3.49. The fourth-order valence-electron chi connectivity index (χ4n) is 4.85. The molecular formula is C26H23ClN2O2. The number of carbonyl (C=O) groups is 2. The average molecular weight is 431 g/mol. The lowest BCUT2D eigenvalue weighted by molar-refractivity contribution is -0.120. The zero-order chi connectivity index (χ0) is 21.8. The number of nitrogens with zero attached hydrogens (tertiary/aromatic N) is 2. The molecule has 3 aromatic rings. The van der Waals surface area contributed by atoms with E-state index in [-0.39, 0.29) is 17.7 Å². The Morgan fingerprint density at radius 1 is 1.06 bits per heavy atom. The van der Waals surface area contributed by atoms with E-state index in [1.165, 1.54) is 0 Å². The molecule has 31 heavy (non-hydrogen) atoms. The van der Waals surface area contributed by atoms with Crippen LogP contribution in [0.3, 0.4) is 0 Å². The Hall–Kier alpha value is -3.11. The first-order chi connectivity index (χ1) is 14.9. The highest BCUT2D eigenvalue weighted by Crippen LogP contribution is 2.66. The number of rotatable bonds is 4. The van der Waals surface area contributed by atoms with Crippen molar-refractivity contribution in [3.05, 3.63) is 100 Å². The van der Waals surface area contributed by atoms with Gasteiger partial charge in [-0.25, -0.2) is 0 Å². The molecule has 0 N–H and O–H groups in total. The molecule has 0 radical (unpaired) electrons. The number of carbonyl (C=O) groups excluding carboxylic acids is 2. The van der Waals surface area contributed by atoms with Crippen molar-refractivity contribution in [2.75, 3.05) is 19.0 Å². The normalized spacial score (nSPS) is 21.3. The number of halogens is 1. The van der Waals surface area contributed by atoms with Crippen LogP contribution in [0, 0.1) is 0 Å². The van der Waals surface area contributed by atoms with Crippen molar-refractivity contribution in [3.63, 3.8) is 0 Å². The summed E-state index contributed by atoms with van der Waals surface area (Å²) in [6, 6.07) is 23.4. The minimum atomic E-state index is -0.499. The van der Waals surface area contributed by atoms with Crippen LogP contribution in [-0.4, -0.2) is 30.8 Å². The van der Waals surface area contributed by atoms with Crippen molar-refractivity contribution < 1.29 is 9.59 Å². The summed E-state index contributed by atoms with van der Waals surface area (Å²) in [6.45, 7) is 0.444. The van der Waals surface area contributed by atoms with Gasteiger partial charge in [-0.1, -0.05) is 54.1 Å². The predicted octanol–water partition coefficient (Wildman–Crippen LogP) is 5.01. The molecule has 2 amide bonds. The Morgan fingerprint density at radius 3 is 2.55 bits per heavy atom. The predicted molar refractivity (Wildman–Crippen MR) is 123 cm³/mol. The molecule has 1 spiro atoms. The van der Waals surface area contributed by atoms with E-state index in [1.807, 2.05) is 71.6 Å². The second-order valence-electron chi connectivity index (χ2n) is 8.59. The molecule has 0 saturated heterocycles. The molecule has 1 fully saturated rings. The molecule has 2 aliphatic rings. The highest BCUT2D eigenvalue weighted by Gasteiger charge is 2.66. The van der Waals surface area contributed by atoms with Crippen LogP contribution in [0.25, 0.3) is 0 Å². The topological polar surface area (TPSA) is 40.6 Å². The van der Waals surface area contributed by atoms with Crippen LogP contribution in [0.4, 0.5) is 5.69 Å². The molecule has 5 rings (SSSR count). The van der Waals surface area contributed by atoms with E-state index in [1.54, 1.807) is 19.0 Å². The van der Waals surface area contributed by atoms with E-state index in [0.717, 1.165) is 28.8 Å². The molecule has 1 heterocycles. The van der Waals surface area contributed by atoms with Gasteiger partial charge in [-0.2, -0.15) is 0 Å². The van der Waals surface area contributed by atoms with Gasteiger partial charge in [0.25, 0.3) is 5.91 Å². The summed E-state index contributed by atoms with van der Waals surface area (Å²) < 4.78 is 0. The van der Waals surface area contributed by atoms with Crippen molar-refractivity contribution in [1.29, 1.82) is 0 Å². The second kappa shape index (κ2) is 7.24. The Bertz CT molecular complexity index is 1190. The first-order valence-corrected chi connectivity index (χ1v) is 10.8. The quantitative estimate of drug-likeness (QED) is 0.583. The Labute approximate surface area is 187 Å². The van der Waals surface area contributed by atoms with Crippen LogP contribution in [-0.2, 0) is 16.8 Å². The molecule has 0 unspecified atom stereocenters. The first-order valence-electron chi connectivity index (χ1n) is 10.4. The van der Waals surface area contributed by atoms with Crippen LogP contribution in [0.5, 0.6) is 0 Å². The molecule has 0 bridgehead atoms. The summed E-state index contributed by atoms with van der Waals surface area (Å²) in [5, 5.41) is 0.699. The van der Waals surface area contributed by atoms with Gasteiger partial charge in [0.05, 0.1) is 12.0 Å². The SMILES string of the molecule is CN(C)C(=O)c1cccc(CN2C(=O)[C@@]3(C[C@H]3c3ccc(Cl)cc3)c3ccccc32)c1. The molecule has 4 nitrogen and oxygen atoms in total. The van der Waals surface area contributed by atoms with Gasteiger partial charge >= 0.3 is 0 Å². The maximum absolute atomic E-state index is 13.8. The molecule has 1 saturated carbocycles. The zero-order valence-corrected chi connectivity index (χ0v) is 18.3. The van der Waals surface area contributed by atoms with Crippen LogP contribution < -0.4 is 4.90 Å². The summed E-state index contributed by atoms with van der Waals surface area (Å²) in [7, 11) is 3.48. The van der Waals surface area contributed by atoms with Crippen LogP contribution in [0.2, 0.25) is 5.02 Å². The van der Waals surface area contributed by atoms with Crippen molar-refractivity contribution in [3.8, 4) is 0 Å². The minimum absolute atomic E-state index is 0.0449. The van der Waals surface area contributed by atoms with Crippen LogP contribution in [0.15, 0.2) is 72.8 Å². The Kier molecular flexibility index (Phi) is 4.63. The highest BCUT2D eigenvalue weighted by molar-refractivity contribution is 6.30. The highest BCUT2D eigenvalue weighted by atomic mass is 35.5. The third kappa shape index (κ3) is 3.14. The van der Waals surface area contributed by atoms with E-state index in [0.29, 0.717) is 17.1 Å². The number of benzene rings is 3. The fourth-order valence-corrected chi connectivity index (χ4v) is 4.97. The Morgan fingerprint density at radius 2 is 1.81 bits per heavy atom. The van der Waals surface area contributed by atoms with E-state index in [4.69, 9.17) is 11.6 Å². The van der Waals surface area contributed by atoms with Gasteiger partial charge in [0.2, 0.25) is 5.91 Å². The van der Waals surface area contributed by atoms with Crippen molar-refractivity contribution in [1.82, 2.24) is 4.90 Å². The maximum atomic E-state index is 13.8. The van der Waals surface area contributed by atoms with Gasteiger partial charge < -0.3 is 9.80 Å². The number of anilines is 1. The lowest BCUT2D eigenvalue weighted by Gasteiger charge is -2.19. The molecule has 3 aromatic carbocycles. The summed E-state index contributed by atoms with van der Waals surface area (Å²) in [5.74, 6) is 0.250. The number of hydrogen-bond acceptors (Lipinski definition) is 2. The minimum Gasteiger partial charge on any atom is -0.345 e. The van der Waals surface area contributed by atoms with Gasteiger partial charge in [-0.05, 0) is 53.4 Å². The molecule has 1 aliphatic heterocycles. The van der Waals surface area contributed by atoms with Crippen molar-refractivity contribution >= 4 is 29.1 Å². The van der Waals surface area contributed by atoms with E-state index in [9.17, 15) is 9.59 Å². The van der Waals surface area contributed by atoms with Gasteiger partial charge in [0.15, 0.2) is 0 Å². The molecule has 5 heteroatoms. The number of hydrogen-bond donors (Lipinski definition) is 0. The monoisotopic (exact) mass is 430 g/mol. The third-order valence-corrected chi connectivity index (χ3v) is 6.71. The summed E-state index contributed by atoms with van der Waals surface area (Å²) in [5.41, 5.74) is 4.28. The van der Waals surface area contributed by atoms with Crippen molar-refractivity contribution in [2.45, 2.75) is 24.3 Å². The van der Waals surface area contributed by atoms with Gasteiger partial charge in [0.1, 0.15) is 0 Å². The largest absolute Gasteiger partial charge is 0.345 e. The van der Waals surface area contributed by atoms with E-state index >= 15 is 0 Å². The molecule has 1 aliphatic carbocycles. The molecule has 0 aromatic heterocycles. The zero-order valence-electron chi connectivity index (χ0n) is 17.5. The molecule has 156 valence electrons. The van der Waals surface area contributed by atoms with Gasteiger partial charge in [-0.15, -0.1) is 0 Å². The standard InChI is InChI=1S/C26H23ClN2O2/c1-28(2)24(30)19-7-5-6-17(14-19)16-29-23-9-4-3-8-21(23)26(25(29)31)15-22(26)18-10-12-20(27)13-11-18/h3-14,22H,15-16H2,1-2H3/t22-,26-/m0/s1. The summed E-state index contributed by atoms with van der Waals surface area (Å²) >= 11 is 6.06. The summed E-state index contributed by atoms with van der Waals surface area (Å²) in [6.07, 6.45) is 0.806. The third-order valence-electron chi connectivity index (χ3n) is 6.46. The number of amides is 2. The van der Waals surface area contributed by atoms with E-state index < -0.39 is 5.41 Å². The number of para-hydroxylation sites is 1. The van der Waals surface area contributed by atoms with Gasteiger partial charge in [0, 0.05) is 36.3 Å². The maximum Gasteiger partial charge on any atom is 0.253 e. The van der Waals surface area contributed by atoms with Crippen LogP contribution in [0.1, 0.15) is 39.4 Å². The Balaban J connectivity index is 1.48. The first kappa shape index (κ1) is 19.8. The van der Waals surface area contributed by atoms with Crippen molar-refractivity contribution in [2.24, 2.45) is 0 Å². The fraction of sp³-hybridized carbons (Fsp3) is 0.231. The smallest absolute Gasteiger partial charge is 0.253 e. The van der Waals surface area contributed by atoms with E-state index in [2.05, 4.69) is 6.07 Å². The summed E-state index contributed by atoms with van der Waals surface area (Å²) in [4.78, 5) is 29.6. The molecule has 2 atom stereocenters. The van der Waals surface area contributed by atoms with Gasteiger partial charge in [-0.3, -0.25) is 9.59 Å². The lowest BCUT2D eigenvalue weighted by Crippen LogP contribution is -2.32. The molecular weight excluding hydrogens is 408 g/mol.